The fourth-order valence-corrected chi connectivity index (χ4v) is 1.96. The number of nitrogens with zero attached hydrogens (tertiary/aromatic N) is 1. The Hall–Kier alpha value is -2.30. The van der Waals surface area contributed by atoms with Crippen LogP contribution >= 0.6 is 0 Å². The number of carbonyl (C=O) groups is 2. The summed E-state index contributed by atoms with van der Waals surface area (Å²) in [7, 11) is 0. The topological polar surface area (TPSA) is 71.3 Å². The molecule has 0 unspecified atom stereocenters. The first-order valence-corrected chi connectivity index (χ1v) is 5.71. The molecule has 0 spiro atoms. The van der Waals surface area contributed by atoms with Gasteiger partial charge >= 0.3 is 5.97 Å². The molecule has 94 valence electrons. The number of hydrogen-bond donors (Lipinski definition) is 2. The molecule has 0 aliphatic heterocycles. The van der Waals surface area contributed by atoms with Gasteiger partial charge in [0.1, 0.15) is 6.54 Å². The van der Waals surface area contributed by atoms with Crippen LogP contribution in [0, 0.1) is 0 Å². The van der Waals surface area contributed by atoms with Gasteiger partial charge in [0.25, 0.3) is 0 Å². The first kappa shape index (κ1) is 12.2. The molecule has 2 aromatic rings. The van der Waals surface area contributed by atoms with E-state index in [2.05, 4.69) is 5.32 Å². The van der Waals surface area contributed by atoms with E-state index in [0.717, 1.165) is 5.52 Å². The molecule has 0 saturated heterocycles. The monoisotopic (exact) mass is 246 g/mol. The van der Waals surface area contributed by atoms with Crippen molar-refractivity contribution in [1.82, 2.24) is 9.88 Å². The molecule has 1 aromatic carbocycles. The number of likely N-dealkylation sites (N-methyl/N-ethyl adjacent to an activating group) is 1. The number of fused-ring (bicyclic) bond motifs is 1. The summed E-state index contributed by atoms with van der Waals surface area (Å²) in [6, 6.07) is 6.76. The van der Waals surface area contributed by atoms with E-state index < -0.39 is 5.97 Å². The lowest BCUT2D eigenvalue weighted by Crippen LogP contribution is -2.26. The second kappa shape index (κ2) is 4.91. The zero-order valence-electron chi connectivity index (χ0n) is 10.0. The zero-order chi connectivity index (χ0) is 13.1. The summed E-state index contributed by atoms with van der Waals surface area (Å²) in [6.07, 6.45) is 1.73. The molecule has 2 N–H and O–H groups in total. The molecule has 0 atom stereocenters. The number of amides is 1. The molecule has 1 aromatic heterocycles. The van der Waals surface area contributed by atoms with Gasteiger partial charge in [0.05, 0.1) is 5.56 Å². The molecule has 1 amide bonds. The minimum absolute atomic E-state index is 0.0873. The third-order valence-electron chi connectivity index (χ3n) is 2.73. The van der Waals surface area contributed by atoms with Gasteiger partial charge in [-0.25, -0.2) is 4.79 Å². The van der Waals surface area contributed by atoms with E-state index in [0.29, 0.717) is 11.9 Å². The van der Waals surface area contributed by atoms with Crippen LogP contribution in [-0.4, -0.2) is 28.1 Å². The minimum atomic E-state index is -0.962. The van der Waals surface area contributed by atoms with Crippen molar-refractivity contribution >= 4 is 22.8 Å². The number of carboxylic acids is 1. The predicted octanol–water partition coefficient (Wildman–Crippen LogP) is 1.48. The number of rotatable bonds is 4. The second-order valence-electron chi connectivity index (χ2n) is 3.94. The Balaban J connectivity index is 2.40. The van der Waals surface area contributed by atoms with Gasteiger partial charge in [0, 0.05) is 23.6 Å². The average Bonchev–Trinajstić information content (AvgIpc) is 2.72. The van der Waals surface area contributed by atoms with E-state index in [1.54, 1.807) is 35.0 Å². The molecular formula is C13H14N2O3. The fourth-order valence-electron chi connectivity index (χ4n) is 1.96. The van der Waals surface area contributed by atoms with Gasteiger partial charge in [0.15, 0.2) is 0 Å². The maximum Gasteiger partial charge on any atom is 0.336 e. The van der Waals surface area contributed by atoms with Crippen LogP contribution in [0.3, 0.4) is 0 Å². The number of aromatic nitrogens is 1. The Kier molecular flexibility index (Phi) is 3.32. The van der Waals surface area contributed by atoms with E-state index in [1.165, 1.54) is 0 Å². The summed E-state index contributed by atoms with van der Waals surface area (Å²) in [4.78, 5) is 22.6. The number of carbonyl (C=O) groups excluding carboxylic acids is 1. The molecule has 0 saturated carbocycles. The van der Waals surface area contributed by atoms with Crippen molar-refractivity contribution in [2.45, 2.75) is 13.5 Å². The van der Waals surface area contributed by atoms with E-state index in [4.69, 9.17) is 5.11 Å². The van der Waals surface area contributed by atoms with E-state index in [9.17, 15) is 9.59 Å². The molecule has 5 heteroatoms. The Morgan fingerprint density at radius 1 is 1.33 bits per heavy atom. The SMILES string of the molecule is CCNC(=O)Cn1ccc2c(C(=O)O)cccc21. The highest BCUT2D eigenvalue weighted by Crippen LogP contribution is 2.20. The predicted molar refractivity (Wildman–Crippen MR) is 67.6 cm³/mol. The fraction of sp³-hybridized carbons (Fsp3) is 0.231. The molecule has 0 bridgehead atoms. The molecule has 1 heterocycles. The Labute approximate surface area is 104 Å². The quantitative estimate of drug-likeness (QED) is 0.858. The summed E-state index contributed by atoms with van der Waals surface area (Å²) >= 11 is 0. The van der Waals surface area contributed by atoms with Gasteiger partial charge in [-0.2, -0.15) is 0 Å². The van der Waals surface area contributed by atoms with Crippen LogP contribution in [0.15, 0.2) is 30.5 Å². The van der Waals surface area contributed by atoms with Gasteiger partial charge < -0.3 is 15.0 Å². The molecule has 18 heavy (non-hydrogen) atoms. The number of benzene rings is 1. The number of carboxylic acid groups (broad SMARTS) is 1. The van der Waals surface area contributed by atoms with Crippen molar-refractivity contribution in [3.05, 3.63) is 36.0 Å². The van der Waals surface area contributed by atoms with Gasteiger partial charge in [0.2, 0.25) is 5.91 Å². The van der Waals surface area contributed by atoms with Crippen LogP contribution in [0.2, 0.25) is 0 Å². The van der Waals surface area contributed by atoms with Crippen LogP contribution in [0.4, 0.5) is 0 Å². The summed E-state index contributed by atoms with van der Waals surface area (Å²) in [5.74, 6) is -1.05. The average molecular weight is 246 g/mol. The van der Waals surface area contributed by atoms with E-state index in [1.807, 2.05) is 6.92 Å². The largest absolute Gasteiger partial charge is 0.478 e. The van der Waals surface area contributed by atoms with Crippen LogP contribution in [0.1, 0.15) is 17.3 Å². The van der Waals surface area contributed by atoms with E-state index >= 15 is 0 Å². The lowest BCUT2D eigenvalue weighted by atomic mass is 10.1. The first-order valence-electron chi connectivity index (χ1n) is 5.71. The highest BCUT2D eigenvalue weighted by atomic mass is 16.4. The van der Waals surface area contributed by atoms with Crippen LogP contribution in [0.5, 0.6) is 0 Å². The Bertz CT molecular complexity index is 601. The highest BCUT2D eigenvalue weighted by Gasteiger charge is 2.11. The van der Waals surface area contributed by atoms with Crippen molar-refractivity contribution in [2.24, 2.45) is 0 Å². The van der Waals surface area contributed by atoms with Gasteiger partial charge in [-0.15, -0.1) is 0 Å². The molecule has 5 nitrogen and oxygen atoms in total. The maximum atomic E-state index is 11.5. The van der Waals surface area contributed by atoms with Crippen LogP contribution in [0.25, 0.3) is 10.9 Å². The molecular weight excluding hydrogens is 232 g/mol. The van der Waals surface area contributed by atoms with Gasteiger partial charge in [-0.3, -0.25) is 4.79 Å². The molecule has 0 aliphatic carbocycles. The van der Waals surface area contributed by atoms with Crippen molar-refractivity contribution in [3.8, 4) is 0 Å². The molecule has 0 fully saturated rings. The number of aromatic carboxylic acids is 1. The highest BCUT2D eigenvalue weighted by molar-refractivity contribution is 6.03. The molecule has 2 rings (SSSR count). The summed E-state index contributed by atoms with van der Waals surface area (Å²) < 4.78 is 1.74. The summed E-state index contributed by atoms with van der Waals surface area (Å²) in [5.41, 5.74) is 1.00. The van der Waals surface area contributed by atoms with Gasteiger partial charge in [-0.05, 0) is 25.1 Å². The van der Waals surface area contributed by atoms with Gasteiger partial charge in [-0.1, -0.05) is 6.07 Å². The molecule has 0 aliphatic rings. The number of nitrogens with one attached hydrogen (secondary N) is 1. The zero-order valence-corrected chi connectivity index (χ0v) is 10.0. The normalized spacial score (nSPS) is 10.5. The van der Waals surface area contributed by atoms with Crippen LogP contribution in [-0.2, 0) is 11.3 Å². The van der Waals surface area contributed by atoms with E-state index in [-0.39, 0.29) is 18.0 Å². The third kappa shape index (κ3) is 2.20. The first-order chi connectivity index (χ1) is 8.63. The third-order valence-corrected chi connectivity index (χ3v) is 2.73. The molecule has 0 radical (unpaired) electrons. The van der Waals surface area contributed by atoms with Crippen molar-refractivity contribution < 1.29 is 14.7 Å². The lowest BCUT2D eigenvalue weighted by molar-refractivity contribution is -0.121. The van der Waals surface area contributed by atoms with Crippen molar-refractivity contribution in [1.29, 1.82) is 0 Å². The lowest BCUT2D eigenvalue weighted by Gasteiger charge is -2.06. The second-order valence-corrected chi connectivity index (χ2v) is 3.94. The standard InChI is InChI=1S/C13H14N2O3/c1-2-14-12(16)8-15-7-6-9-10(13(17)18)4-3-5-11(9)15/h3-7H,2,8H2,1H3,(H,14,16)(H,17,18). The minimum Gasteiger partial charge on any atom is -0.478 e. The Morgan fingerprint density at radius 2 is 2.11 bits per heavy atom. The number of hydrogen-bond acceptors (Lipinski definition) is 2. The van der Waals surface area contributed by atoms with Crippen molar-refractivity contribution in [3.63, 3.8) is 0 Å². The Morgan fingerprint density at radius 3 is 2.78 bits per heavy atom. The van der Waals surface area contributed by atoms with Crippen molar-refractivity contribution in [2.75, 3.05) is 6.54 Å². The maximum absolute atomic E-state index is 11.5. The smallest absolute Gasteiger partial charge is 0.336 e. The van der Waals surface area contributed by atoms with Crippen LogP contribution < -0.4 is 5.32 Å². The summed E-state index contributed by atoms with van der Waals surface area (Å²) in [6.45, 7) is 2.63. The summed E-state index contributed by atoms with van der Waals surface area (Å²) in [5, 5.41) is 12.4.